The molecule has 38 heavy (non-hydrogen) atoms. The lowest BCUT2D eigenvalue weighted by Gasteiger charge is -2.23. The highest BCUT2D eigenvalue weighted by Gasteiger charge is 2.48. The van der Waals surface area contributed by atoms with Crippen LogP contribution in [0.3, 0.4) is 0 Å². The number of amides is 1. The predicted octanol–water partition coefficient (Wildman–Crippen LogP) is 6.19. The number of ketones is 1. The molecule has 0 spiro atoms. The maximum atomic E-state index is 13.5. The molecular weight excluding hydrogens is 500 g/mol. The SMILES string of the molecule is C=CCOc1cccc(C2C(=C(O)c3ccc(C)cc3)C(=O)C(=O)N2c2nc3ccc(OCC)cc3s2)c1. The summed E-state index contributed by atoms with van der Waals surface area (Å²) >= 11 is 1.28. The largest absolute Gasteiger partial charge is 0.507 e. The highest BCUT2D eigenvalue weighted by Crippen LogP contribution is 2.45. The minimum Gasteiger partial charge on any atom is -0.507 e. The fourth-order valence-corrected chi connectivity index (χ4v) is 5.41. The van der Waals surface area contributed by atoms with Crippen LogP contribution < -0.4 is 14.4 Å². The van der Waals surface area contributed by atoms with Crippen molar-refractivity contribution in [1.82, 2.24) is 4.98 Å². The molecule has 1 N–H and O–H groups in total. The molecule has 5 rings (SSSR count). The van der Waals surface area contributed by atoms with Crippen LogP contribution in [0.5, 0.6) is 11.5 Å². The first-order valence-electron chi connectivity index (χ1n) is 12.2. The zero-order valence-electron chi connectivity index (χ0n) is 21.0. The van der Waals surface area contributed by atoms with Crippen molar-refractivity contribution in [3.8, 4) is 11.5 Å². The Labute approximate surface area is 224 Å². The first-order valence-corrected chi connectivity index (χ1v) is 13.0. The van der Waals surface area contributed by atoms with Gasteiger partial charge in [0.15, 0.2) is 5.13 Å². The molecule has 1 fully saturated rings. The van der Waals surface area contributed by atoms with Gasteiger partial charge in [0.25, 0.3) is 5.78 Å². The minimum atomic E-state index is -0.907. The number of ether oxygens (including phenoxy) is 2. The van der Waals surface area contributed by atoms with Crippen molar-refractivity contribution in [3.05, 3.63) is 102 Å². The van der Waals surface area contributed by atoms with Crippen molar-refractivity contribution in [2.45, 2.75) is 19.9 Å². The van der Waals surface area contributed by atoms with Crippen LogP contribution in [0.15, 0.2) is 85.0 Å². The topological polar surface area (TPSA) is 89.0 Å². The van der Waals surface area contributed by atoms with Crippen molar-refractivity contribution in [3.63, 3.8) is 0 Å². The molecule has 0 bridgehead atoms. The molecule has 0 saturated carbocycles. The van der Waals surface area contributed by atoms with E-state index in [-0.39, 0.29) is 11.3 Å². The summed E-state index contributed by atoms with van der Waals surface area (Å²) in [6, 6.07) is 18.9. The standard InChI is InChI=1S/C30H26N2O5S/c1-4-15-37-21-8-6-7-20(16-21)26-25(27(33)19-11-9-18(3)10-12-19)28(34)29(35)32(26)30-31-23-14-13-22(36-5-2)17-24(23)38-30/h4,6-14,16-17,26,33H,1,5,15H2,2-3H3. The number of thiazole rings is 1. The van der Waals surface area contributed by atoms with Gasteiger partial charge in [0.2, 0.25) is 0 Å². The molecule has 7 nitrogen and oxygen atoms in total. The Bertz CT molecular complexity index is 1570. The molecule has 8 heteroatoms. The summed E-state index contributed by atoms with van der Waals surface area (Å²) in [7, 11) is 0. The van der Waals surface area contributed by atoms with Crippen LogP contribution in [-0.4, -0.2) is 35.0 Å². The number of carbonyl (C=O) groups is 2. The summed E-state index contributed by atoms with van der Waals surface area (Å²) in [5, 5.41) is 11.7. The van der Waals surface area contributed by atoms with Gasteiger partial charge in [-0.15, -0.1) is 0 Å². The zero-order chi connectivity index (χ0) is 26.8. The van der Waals surface area contributed by atoms with Gasteiger partial charge in [-0.25, -0.2) is 4.98 Å². The number of aromatic nitrogens is 1. The molecule has 1 atom stereocenters. The number of hydrogen-bond acceptors (Lipinski definition) is 7. The van der Waals surface area contributed by atoms with Gasteiger partial charge in [-0.05, 0) is 49.7 Å². The minimum absolute atomic E-state index is 0.00557. The van der Waals surface area contributed by atoms with Crippen molar-refractivity contribution < 1.29 is 24.2 Å². The van der Waals surface area contributed by atoms with E-state index in [9.17, 15) is 14.7 Å². The Morgan fingerprint density at radius 3 is 2.58 bits per heavy atom. The van der Waals surface area contributed by atoms with Gasteiger partial charge < -0.3 is 14.6 Å². The van der Waals surface area contributed by atoms with Crippen LogP contribution in [0.4, 0.5) is 5.13 Å². The van der Waals surface area contributed by atoms with E-state index in [1.54, 1.807) is 42.5 Å². The van der Waals surface area contributed by atoms with Gasteiger partial charge in [0.1, 0.15) is 23.9 Å². The number of aliphatic hydroxyl groups is 1. The van der Waals surface area contributed by atoms with Crippen molar-refractivity contribution >= 4 is 44.1 Å². The number of rotatable bonds is 8. The van der Waals surface area contributed by atoms with Crippen LogP contribution in [0.2, 0.25) is 0 Å². The van der Waals surface area contributed by atoms with Crippen molar-refractivity contribution in [1.29, 1.82) is 0 Å². The highest BCUT2D eigenvalue weighted by molar-refractivity contribution is 7.22. The summed E-state index contributed by atoms with van der Waals surface area (Å²) < 4.78 is 12.1. The Morgan fingerprint density at radius 2 is 1.84 bits per heavy atom. The average molecular weight is 527 g/mol. The Kier molecular flexibility index (Phi) is 6.98. The van der Waals surface area contributed by atoms with Crippen LogP contribution >= 0.6 is 11.3 Å². The summed E-state index contributed by atoms with van der Waals surface area (Å²) in [5.74, 6) is -0.535. The number of fused-ring (bicyclic) bond motifs is 1. The third-order valence-electron chi connectivity index (χ3n) is 6.18. The fraction of sp³-hybridized carbons (Fsp3) is 0.167. The maximum absolute atomic E-state index is 13.5. The smallest absolute Gasteiger partial charge is 0.301 e. The van der Waals surface area contributed by atoms with Gasteiger partial charge in [0, 0.05) is 5.56 Å². The lowest BCUT2D eigenvalue weighted by atomic mass is 9.95. The van der Waals surface area contributed by atoms with Crippen molar-refractivity contribution in [2.75, 3.05) is 18.1 Å². The van der Waals surface area contributed by atoms with E-state index in [4.69, 9.17) is 9.47 Å². The number of Topliss-reactive ketones (excluding diaryl/α,β-unsaturated/α-hetero) is 1. The first-order chi connectivity index (χ1) is 18.4. The molecule has 1 amide bonds. The monoisotopic (exact) mass is 526 g/mol. The number of nitrogens with zero attached hydrogens (tertiary/aromatic N) is 2. The molecule has 1 aliphatic heterocycles. The molecule has 4 aromatic rings. The summed E-state index contributed by atoms with van der Waals surface area (Å²) in [6.07, 6.45) is 1.63. The van der Waals surface area contributed by atoms with Gasteiger partial charge in [0.05, 0.1) is 28.4 Å². The van der Waals surface area contributed by atoms with Crippen molar-refractivity contribution in [2.24, 2.45) is 0 Å². The molecular formula is C30H26N2O5S. The zero-order valence-corrected chi connectivity index (χ0v) is 21.8. The fourth-order valence-electron chi connectivity index (χ4n) is 4.39. The lowest BCUT2D eigenvalue weighted by molar-refractivity contribution is -0.132. The normalized spacial score (nSPS) is 16.7. The molecule has 2 heterocycles. The highest BCUT2D eigenvalue weighted by atomic mass is 32.1. The Morgan fingerprint density at radius 1 is 1.08 bits per heavy atom. The number of aliphatic hydroxyl groups excluding tert-OH is 1. The second kappa shape index (κ2) is 10.5. The van der Waals surface area contributed by atoms with E-state index in [0.717, 1.165) is 10.3 Å². The number of benzene rings is 3. The number of aryl methyl sites for hydroxylation is 1. The molecule has 3 aromatic carbocycles. The summed E-state index contributed by atoms with van der Waals surface area (Å²) in [4.78, 5) is 33.0. The van der Waals surface area contributed by atoms with E-state index >= 15 is 0 Å². The second-order valence-corrected chi connectivity index (χ2v) is 9.78. The first kappa shape index (κ1) is 25.2. The van der Waals surface area contributed by atoms with E-state index in [1.165, 1.54) is 16.2 Å². The molecule has 1 aliphatic rings. The van der Waals surface area contributed by atoms with Gasteiger partial charge in [-0.3, -0.25) is 14.5 Å². The van der Waals surface area contributed by atoms with Crippen LogP contribution in [0.25, 0.3) is 16.0 Å². The Hall–Kier alpha value is -4.43. The number of hydrogen-bond donors (Lipinski definition) is 1. The maximum Gasteiger partial charge on any atom is 0.301 e. The van der Waals surface area contributed by atoms with Gasteiger partial charge in [-0.1, -0.05) is 66.0 Å². The van der Waals surface area contributed by atoms with Crippen LogP contribution in [-0.2, 0) is 9.59 Å². The van der Waals surface area contributed by atoms with Gasteiger partial charge >= 0.3 is 5.91 Å². The molecule has 0 aliphatic carbocycles. The second-order valence-electron chi connectivity index (χ2n) is 8.77. The third-order valence-corrected chi connectivity index (χ3v) is 7.19. The van der Waals surface area contributed by atoms with Crippen LogP contribution in [0.1, 0.15) is 29.7 Å². The molecule has 1 unspecified atom stereocenters. The molecule has 0 radical (unpaired) electrons. The van der Waals surface area contributed by atoms with Gasteiger partial charge in [-0.2, -0.15) is 0 Å². The Balaban J connectivity index is 1.68. The molecule has 1 saturated heterocycles. The third kappa shape index (κ3) is 4.66. The number of carbonyl (C=O) groups excluding carboxylic acids is 2. The quantitative estimate of drug-likeness (QED) is 0.127. The molecule has 1 aromatic heterocycles. The summed E-state index contributed by atoms with van der Waals surface area (Å²) in [6.45, 7) is 8.34. The van der Waals surface area contributed by atoms with E-state index < -0.39 is 17.7 Å². The van der Waals surface area contributed by atoms with E-state index in [1.807, 2.05) is 44.2 Å². The van der Waals surface area contributed by atoms with Crippen LogP contribution in [0, 0.1) is 6.92 Å². The molecule has 192 valence electrons. The predicted molar refractivity (Wildman–Crippen MR) is 149 cm³/mol. The average Bonchev–Trinajstić information content (AvgIpc) is 3.45. The summed E-state index contributed by atoms with van der Waals surface area (Å²) in [5.41, 5.74) is 2.73. The van der Waals surface area contributed by atoms with E-state index in [2.05, 4.69) is 11.6 Å². The van der Waals surface area contributed by atoms with E-state index in [0.29, 0.717) is 46.5 Å². The lowest BCUT2D eigenvalue weighted by Crippen LogP contribution is -2.29. The number of anilines is 1.